The normalized spacial score (nSPS) is 10.9. The van der Waals surface area contributed by atoms with E-state index in [1.165, 1.54) is 0 Å². The molecule has 2 aromatic heterocycles. The van der Waals surface area contributed by atoms with Gasteiger partial charge in [-0.15, -0.1) is 0 Å². The fourth-order valence-corrected chi connectivity index (χ4v) is 3.48. The summed E-state index contributed by atoms with van der Waals surface area (Å²) >= 11 is 0. The number of hydrogen-bond donors (Lipinski definition) is 1. The van der Waals surface area contributed by atoms with Crippen LogP contribution in [0.2, 0.25) is 0 Å². The Hall–Kier alpha value is -3.67. The third-order valence-corrected chi connectivity index (χ3v) is 5.15. The van der Waals surface area contributed by atoms with Gasteiger partial charge in [0.05, 0.1) is 12.2 Å². The van der Waals surface area contributed by atoms with Crippen LogP contribution in [0.4, 0.5) is 0 Å². The van der Waals surface area contributed by atoms with Crippen molar-refractivity contribution in [1.29, 1.82) is 0 Å². The molecule has 4 rings (SSSR count). The molecule has 0 atom stereocenters. The van der Waals surface area contributed by atoms with Crippen LogP contribution in [0.5, 0.6) is 0 Å². The van der Waals surface area contributed by atoms with E-state index in [4.69, 9.17) is 0 Å². The molecule has 0 aliphatic heterocycles. The molecule has 0 spiro atoms. The number of nitrogens with zero attached hydrogens (tertiary/aromatic N) is 4. The number of carbonyl (C=O) groups is 1. The molecule has 2 heterocycles. The zero-order chi connectivity index (χ0) is 21.1. The summed E-state index contributed by atoms with van der Waals surface area (Å²) in [5.41, 5.74) is 6.01. The molecule has 0 bridgehead atoms. The molecule has 4 aromatic rings. The Bertz CT molecular complexity index is 1150. The number of hydrogen-bond acceptors (Lipinski definition) is 3. The summed E-state index contributed by atoms with van der Waals surface area (Å²) < 4.78 is 4.00. The topological polar surface area (TPSA) is 64.7 Å². The lowest BCUT2D eigenvalue weighted by molar-refractivity contribution is 0.0951. The zero-order valence-electron chi connectivity index (χ0n) is 17.5. The fraction of sp³-hybridized carbons (Fsp3) is 0.208. The average Bonchev–Trinajstić information content (AvgIpc) is 3.31. The van der Waals surface area contributed by atoms with Crippen LogP contribution in [0.1, 0.15) is 38.7 Å². The van der Waals surface area contributed by atoms with E-state index in [1.807, 2.05) is 84.7 Å². The van der Waals surface area contributed by atoms with Gasteiger partial charge in [0.25, 0.3) is 5.91 Å². The predicted octanol–water partition coefficient (Wildman–Crippen LogP) is 3.97. The van der Waals surface area contributed by atoms with Gasteiger partial charge in [-0.3, -0.25) is 9.48 Å². The second-order valence-electron chi connectivity index (χ2n) is 7.48. The zero-order valence-corrected chi connectivity index (χ0v) is 17.5. The predicted molar refractivity (Wildman–Crippen MR) is 117 cm³/mol. The maximum absolute atomic E-state index is 12.5. The van der Waals surface area contributed by atoms with Gasteiger partial charge in [-0.1, -0.05) is 24.3 Å². The molecule has 0 saturated heterocycles. The first-order valence-corrected chi connectivity index (χ1v) is 9.97. The highest BCUT2D eigenvalue weighted by Crippen LogP contribution is 2.13. The average molecular weight is 399 g/mol. The number of nitrogens with one attached hydrogen (secondary N) is 1. The Morgan fingerprint density at radius 2 is 1.67 bits per heavy atom. The standard InChI is InChI=1S/C24H25N5O/c1-17-14-18(2)29(27-17)16-21-4-8-22(9-5-21)24(30)26-15-20-6-10-23(11-7-20)28-13-12-25-19(28)3/h4-14H,15-16H2,1-3H3,(H,26,30). The van der Waals surface area contributed by atoms with Gasteiger partial charge in [-0.25, -0.2) is 4.98 Å². The van der Waals surface area contributed by atoms with Gasteiger partial charge in [0.1, 0.15) is 5.82 Å². The molecule has 0 radical (unpaired) electrons. The highest BCUT2D eigenvalue weighted by molar-refractivity contribution is 5.94. The lowest BCUT2D eigenvalue weighted by Gasteiger charge is -2.09. The van der Waals surface area contributed by atoms with E-state index in [1.54, 1.807) is 6.20 Å². The van der Waals surface area contributed by atoms with E-state index in [-0.39, 0.29) is 5.91 Å². The van der Waals surface area contributed by atoms with Crippen molar-refractivity contribution in [2.24, 2.45) is 0 Å². The van der Waals surface area contributed by atoms with Crippen LogP contribution >= 0.6 is 0 Å². The van der Waals surface area contributed by atoms with Crippen LogP contribution in [0.15, 0.2) is 67.0 Å². The number of carbonyl (C=O) groups excluding carboxylic acids is 1. The molecule has 0 unspecified atom stereocenters. The largest absolute Gasteiger partial charge is 0.348 e. The van der Waals surface area contributed by atoms with Gasteiger partial charge in [0, 0.05) is 35.9 Å². The minimum Gasteiger partial charge on any atom is -0.348 e. The Labute approximate surface area is 176 Å². The van der Waals surface area contributed by atoms with Crippen molar-refractivity contribution in [3.8, 4) is 5.69 Å². The maximum Gasteiger partial charge on any atom is 0.251 e. The molecule has 1 amide bonds. The van der Waals surface area contributed by atoms with Crippen molar-refractivity contribution < 1.29 is 4.79 Å². The van der Waals surface area contributed by atoms with Crippen LogP contribution in [0.25, 0.3) is 5.69 Å². The van der Waals surface area contributed by atoms with Gasteiger partial charge in [0.15, 0.2) is 0 Å². The third kappa shape index (κ3) is 4.33. The van der Waals surface area contributed by atoms with Gasteiger partial charge in [-0.05, 0) is 62.2 Å². The van der Waals surface area contributed by atoms with E-state index in [0.717, 1.165) is 34.0 Å². The molecule has 2 aromatic carbocycles. The Balaban J connectivity index is 1.35. The third-order valence-electron chi connectivity index (χ3n) is 5.15. The Morgan fingerprint density at radius 3 is 2.27 bits per heavy atom. The quantitative estimate of drug-likeness (QED) is 0.533. The molecule has 0 saturated carbocycles. The summed E-state index contributed by atoms with van der Waals surface area (Å²) in [4.78, 5) is 16.7. The summed E-state index contributed by atoms with van der Waals surface area (Å²) in [7, 11) is 0. The van der Waals surface area contributed by atoms with Crippen molar-refractivity contribution in [2.75, 3.05) is 0 Å². The van der Waals surface area contributed by atoms with Gasteiger partial charge in [-0.2, -0.15) is 5.10 Å². The fourth-order valence-electron chi connectivity index (χ4n) is 3.48. The number of aromatic nitrogens is 4. The molecule has 6 heteroatoms. The highest BCUT2D eigenvalue weighted by Gasteiger charge is 2.07. The Morgan fingerprint density at radius 1 is 0.967 bits per heavy atom. The van der Waals surface area contributed by atoms with Crippen molar-refractivity contribution in [2.45, 2.75) is 33.9 Å². The summed E-state index contributed by atoms with van der Waals surface area (Å²) in [5, 5.41) is 7.47. The summed E-state index contributed by atoms with van der Waals surface area (Å²) in [6.07, 6.45) is 3.72. The molecule has 1 N–H and O–H groups in total. The second-order valence-corrected chi connectivity index (χ2v) is 7.48. The summed E-state index contributed by atoms with van der Waals surface area (Å²) in [5.74, 6) is 0.861. The Kier molecular flexibility index (Phi) is 5.48. The van der Waals surface area contributed by atoms with E-state index < -0.39 is 0 Å². The summed E-state index contributed by atoms with van der Waals surface area (Å²) in [6.45, 7) is 7.19. The number of aryl methyl sites for hydroxylation is 3. The highest BCUT2D eigenvalue weighted by atomic mass is 16.1. The molecular weight excluding hydrogens is 374 g/mol. The van der Waals surface area contributed by atoms with E-state index in [0.29, 0.717) is 18.7 Å². The lowest BCUT2D eigenvalue weighted by Crippen LogP contribution is -2.22. The van der Waals surface area contributed by atoms with Crippen LogP contribution in [-0.4, -0.2) is 25.2 Å². The first kappa shape index (κ1) is 19.6. The number of benzene rings is 2. The second kappa shape index (κ2) is 8.37. The number of rotatable bonds is 6. The van der Waals surface area contributed by atoms with Crippen molar-refractivity contribution in [3.63, 3.8) is 0 Å². The van der Waals surface area contributed by atoms with E-state index >= 15 is 0 Å². The molecule has 30 heavy (non-hydrogen) atoms. The van der Waals surface area contributed by atoms with Crippen LogP contribution < -0.4 is 5.32 Å². The van der Waals surface area contributed by atoms with E-state index in [9.17, 15) is 4.79 Å². The first-order chi connectivity index (χ1) is 14.5. The molecular formula is C24H25N5O. The van der Waals surface area contributed by atoms with Crippen LogP contribution in [-0.2, 0) is 13.1 Å². The minimum absolute atomic E-state index is 0.0813. The minimum atomic E-state index is -0.0813. The molecule has 0 aliphatic carbocycles. The van der Waals surface area contributed by atoms with Gasteiger partial charge in [0.2, 0.25) is 0 Å². The molecule has 0 aliphatic rings. The maximum atomic E-state index is 12.5. The smallest absolute Gasteiger partial charge is 0.251 e. The molecule has 152 valence electrons. The van der Waals surface area contributed by atoms with Gasteiger partial charge >= 0.3 is 0 Å². The van der Waals surface area contributed by atoms with Crippen molar-refractivity contribution in [3.05, 3.63) is 101 Å². The van der Waals surface area contributed by atoms with Crippen LogP contribution in [0.3, 0.4) is 0 Å². The monoisotopic (exact) mass is 399 g/mol. The van der Waals surface area contributed by atoms with Crippen LogP contribution in [0, 0.1) is 20.8 Å². The lowest BCUT2D eigenvalue weighted by atomic mass is 10.1. The molecule has 6 nitrogen and oxygen atoms in total. The van der Waals surface area contributed by atoms with Crippen molar-refractivity contribution >= 4 is 5.91 Å². The van der Waals surface area contributed by atoms with Crippen molar-refractivity contribution in [1.82, 2.24) is 24.6 Å². The van der Waals surface area contributed by atoms with E-state index in [2.05, 4.69) is 21.5 Å². The summed E-state index contributed by atoms with van der Waals surface area (Å²) in [6, 6.07) is 17.8. The number of amides is 1. The first-order valence-electron chi connectivity index (χ1n) is 9.97. The molecule has 0 fully saturated rings. The number of imidazole rings is 1. The SMILES string of the molecule is Cc1cc(C)n(Cc2ccc(C(=O)NCc3ccc(-n4ccnc4C)cc3)cc2)n1. The van der Waals surface area contributed by atoms with Gasteiger partial charge < -0.3 is 9.88 Å².